The van der Waals surface area contributed by atoms with Crippen LogP contribution in [0.25, 0.3) is 0 Å². The van der Waals surface area contributed by atoms with Crippen LogP contribution in [0.3, 0.4) is 0 Å². The Balaban J connectivity index is 1.73. The topological polar surface area (TPSA) is 78.4 Å². The summed E-state index contributed by atoms with van der Waals surface area (Å²) in [6, 6.07) is -0.0911. The minimum Gasteiger partial charge on any atom is -0.481 e. The van der Waals surface area contributed by atoms with Crippen LogP contribution in [0.5, 0.6) is 0 Å². The zero-order chi connectivity index (χ0) is 14.5. The van der Waals surface area contributed by atoms with Crippen molar-refractivity contribution >= 4 is 12.0 Å². The monoisotopic (exact) mass is 280 g/mol. The van der Waals surface area contributed by atoms with Gasteiger partial charge in [-0.3, -0.25) is 4.79 Å². The molecular weight excluding hydrogens is 256 g/mol. The van der Waals surface area contributed by atoms with Crippen molar-refractivity contribution in [2.45, 2.75) is 57.5 Å². The molecule has 20 heavy (non-hydrogen) atoms. The molecule has 5 nitrogen and oxygen atoms in total. The van der Waals surface area contributed by atoms with Crippen LogP contribution in [0.1, 0.15) is 45.4 Å². The number of carboxylic acid groups (broad SMARTS) is 1. The molecule has 112 valence electrons. The molecule has 0 saturated heterocycles. The second-order valence-electron chi connectivity index (χ2n) is 6.10. The predicted molar refractivity (Wildman–Crippen MR) is 76.4 cm³/mol. The molecule has 2 amide bonds. The Morgan fingerprint density at radius 1 is 1.10 bits per heavy atom. The number of carbonyl (C=O) groups is 2. The van der Waals surface area contributed by atoms with E-state index >= 15 is 0 Å². The van der Waals surface area contributed by atoms with Crippen LogP contribution >= 0.6 is 0 Å². The summed E-state index contributed by atoms with van der Waals surface area (Å²) in [6.07, 6.45) is 9.51. The van der Waals surface area contributed by atoms with Gasteiger partial charge < -0.3 is 15.7 Å². The van der Waals surface area contributed by atoms with Gasteiger partial charge in [0.25, 0.3) is 0 Å². The summed E-state index contributed by atoms with van der Waals surface area (Å²) >= 11 is 0. The molecule has 0 aromatic rings. The average Bonchev–Trinajstić information content (AvgIpc) is 2.75. The van der Waals surface area contributed by atoms with E-state index in [1.54, 1.807) is 12.2 Å². The lowest BCUT2D eigenvalue weighted by atomic mass is 10.0. The van der Waals surface area contributed by atoms with E-state index in [0.29, 0.717) is 6.42 Å². The highest BCUT2D eigenvalue weighted by Gasteiger charge is 2.26. The first-order valence-corrected chi connectivity index (χ1v) is 7.52. The lowest BCUT2D eigenvalue weighted by Gasteiger charge is -2.19. The molecule has 4 atom stereocenters. The number of carboxylic acids is 1. The third-order valence-electron chi connectivity index (χ3n) is 4.31. The molecular formula is C15H24N2O3. The number of amides is 2. The third-order valence-corrected chi connectivity index (χ3v) is 4.31. The summed E-state index contributed by atoms with van der Waals surface area (Å²) < 4.78 is 0. The molecule has 0 spiro atoms. The Kier molecular flexibility index (Phi) is 5.04. The number of nitrogens with one attached hydrogen (secondary N) is 2. The van der Waals surface area contributed by atoms with Crippen molar-refractivity contribution in [2.24, 2.45) is 11.8 Å². The molecule has 4 unspecified atom stereocenters. The summed E-state index contributed by atoms with van der Waals surface area (Å²) in [5.41, 5.74) is 0. The first kappa shape index (κ1) is 14.9. The fourth-order valence-electron chi connectivity index (χ4n) is 3.02. The summed E-state index contributed by atoms with van der Waals surface area (Å²) in [7, 11) is 0. The summed E-state index contributed by atoms with van der Waals surface area (Å²) in [5.74, 6) is -0.554. The van der Waals surface area contributed by atoms with Crippen LogP contribution in [0.2, 0.25) is 0 Å². The van der Waals surface area contributed by atoms with Crippen molar-refractivity contribution in [3.63, 3.8) is 0 Å². The number of urea groups is 1. The lowest BCUT2D eigenvalue weighted by molar-refractivity contribution is -0.140. The Morgan fingerprint density at radius 3 is 2.60 bits per heavy atom. The van der Waals surface area contributed by atoms with Gasteiger partial charge in [0, 0.05) is 6.04 Å². The SMILES string of the molecule is CC1CCCC(NC(=O)NC2C=CC(C(=O)O)C2)CC1. The van der Waals surface area contributed by atoms with Gasteiger partial charge in [0.05, 0.1) is 12.0 Å². The Labute approximate surface area is 119 Å². The maximum Gasteiger partial charge on any atom is 0.315 e. The Bertz CT molecular complexity index is 395. The molecule has 3 N–H and O–H groups in total. The van der Waals surface area contributed by atoms with Gasteiger partial charge in [0.1, 0.15) is 0 Å². The van der Waals surface area contributed by atoms with E-state index < -0.39 is 11.9 Å². The number of aliphatic carboxylic acids is 1. The van der Waals surface area contributed by atoms with Crippen LogP contribution < -0.4 is 10.6 Å². The van der Waals surface area contributed by atoms with Crippen molar-refractivity contribution in [1.29, 1.82) is 0 Å². The number of carbonyl (C=O) groups excluding carboxylic acids is 1. The van der Waals surface area contributed by atoms with Crippen LogP contribution in [0, 0.1) is 11.8 Å². The molecule has 2 aliphatic rings. The van der Waals surface area contributed by atoms with Crippen molar-refractivity contribution < 1.29 is 14.7 Å². The van der Waals surface area contributed by atoms with Gasteiger partial charge in [0.2, 0.25) is 0 Å². The predicted octanol–water partition coefficient (Wildman–Crippen LogP) is 2.28. The van der Waals surface area contributed by atoms with Gasteiger partial charge >= 0.3 is 12.0 Å². The fourth-order valence-corrected chi connectivity index (χ4v) is 3.02. The molecule has 0 heterocycles. The Hall–Kier alpha value is -1.52. The number of hydrogen-bond donors (Lipinski definition) is 3. The van der Waals surface area contributed by atoms with Crippen molar-refractivity contribution in [1.82, 2.24) is 10.6 Å². The fraction of sp³-hybridized carbons (Fsp3) is 0.733. The zero-order valence-electron chi connectivity index (χ0n) is 12.0. The van der Waals surface area contributed by atoms with Gasteiger partial charge in [-0.2, -0.15) is 0 Å². The average molecular weight is 280 g/mol. The maximum atomic E-state index is 11.9. The summed E-state index contributed by atoms with van der Waals surface area (Å²) in [4.78, 5) is 22.8. The van der Waals surface area contributed by atoms with Crippen molar-refractivity contribution in [2.75, 3.05) is 0 Å². The molecule has 0 bridgehead atoms. The third kappa shape index (κ3) is 4.25. The highest BCUT2D eigenvalue weighted by atomic mass is 16.4. The first-order chi connectivity index (χ1) is 9.54. The van der Waals surface area contributed by atoms with Crippen LogP contribution in [-0.4, -0.2) is 29.2 Å². The highest BCUT2D eigenvalue weighted by molar-refractivity contribution is 5.76. The van der Waals surface area contributed by atoms with E-state index in [0.717, 1.165) is 31.6 Å². The second-order valence-corrected chi connectivity index (χ2v) is 6.10. The molecule has 1 fully saturated rings. The maximum absolute atomic E-state index is 11.9. The number of hydrogen-bond acceptors (Lipinski definition) is 2. The van der Waals surface area contributed by atoms with Gasteiger partial charge in [-0.25, -0.2) is 4.79 Å². The largest absolute Gasteiger partial charge is 0.481 e. The van der Waals surface area contributed by atoms with Crippen molar-refractivity contribution in [3.8, 4) is 0 Å². The Morgan fingerprint density at radius 2 is 1.90 bits per heavy atom. The molecule has 2 rings (SSSR count). The van der Waals surface area contributed by atoms with E-state index in [4.69, 9.17) is 5.11 Å². The molecule has 2 aliphatic carbocycles. The first-order valence-electron chi connectivity index (χ1n) is 7.52. The molecule has 0 aromatic heterocycles. The van der Waals surface area contributed by atoms with Crippen LogP contribution in [0.4, 0.5) is 4.79 Å². The minimum atomic E-state index is -0.830. The van der Waals surface area contributed by atoms with Crippen LogP contribution in [-0.2, 0) is 4.79 Å². The van der Waals surface area contributed by atoms with Gasteiger partial charge in [-0.15, -0.1) is 0 Å². The highest BCUT2D eigenvalue weighted by Crippen LogP contribution is 2.22. The van der Waals surface area contributed by atoms with Crippen molar-refractivity contribution in [3.05, 3.63) is 12.2 Å². The minimum absolute atomic E-state index is 0.166. The molecule has 0 radical (unpaired) electrons. The van der Waals surface area contributed by atoms with E-state index in [9.17, 15) is 9.59 Å². The van der Waals surface area contributed by atoms with E-state index in [2.05, 4.69) is 17.6 Å². The molecule has 0 aromatic carbocycles. The molecule has 5 heteroatoms. The summed E-state index contributed by atoms with van der Waals surface area (Å²) in [6.45, 7) is 2.26. The standard InChI is InChI=1S/C15H24N2O3/c1-10-3-2-4-12(7-5-10)16-15(20)17-13-8-6-11(9-13)14(18)19/h6,8,10-13H,2-5,7,9H2,1H3,(H,18,19)(H2,16,17,20). The number of rotatable bonds is 3. The molecule has 1 saturated carbocycles. The second kappa shape index (κ2) is 6.77. The van der Waals surface area contributed by atoms with E-state index in [1.807, 2.05) is 0 Å². The lowest BCUT2D eigenvalue weighted by Crippen LogP contribution is -2.45. The quantitative estimate of drug-likeness (QED) is 0.548. The van der Waals surface area contributed by atoms with E-state index in [-0.39, 0.29) is 18.1 Å². The zero-order valence-corrected chi connectivity index (χ0v) is 12.0. The van der Waals surface area contributed by atoms with Gasteiger partial charge in [-0.05, 0) is 31.6 Å². The molecule has 0 aliphatic heterocycles. The van der Waals surface area contributed by atoms with Gasteiger partial charge in [-0.1, -0.05) is 31.9 Å². The smallest absolute Gasteiger partial charge is 0.315 e. The normalized spacial score (nSPS) is 33.5. The van der Waals surface area contributed by atoms with E-state index in [1.165, 1.54) is 6.42 Å². The summed E-state index contributed by atoms with van der Waals surface area (Å²) in [5, 5.41) is 14.8. The van der Waals surface area contributed by atoms with Crippen LogP contribution in [0.15, 0.2) is 12.2 Å². The van der Waals surface area contributed by atoms with Gasteiger partial charge in [0.15, 0.2) is 0 Å².